The summed E-state index contributed by atoms with van der Waals surface area (Å²) >= 11 is 0. The van der Waals surface area contributed by atoms with Gasteiger partial charge in [-0.2, -0.15) is 0 Å². The summed E-state index contributed by atoms with van der Waals surface area (Å²) in [5.41, 5.74) is 1.69. The molecule has 0 radical (unpaired) electrons. The zero-order valence-electron chi connectivity index (χ0n) is 18.4. The quantitative estimate of drug-likeness (QED) is 0.504. The monoisotopic (exact) mass is 487 g/mol. The number of nitrogens with one attached hydrogen (secondary N) is 2. The van der Waals surface area contributed by atoms with E-state index in [1.54, 1.807) is 61.5 Å². The average Bonchev–Trinajstić information content (AvgIpc) is 2.77. The van der Waals surface area contributed by atoms with Crippen LogP contribution in [-0.2, 0) is 24.7 Å². The maximum Gasteiger partial charge on any atom is 0.243 e. The Morgan fingerprint density at radius 1 is 0.909 bits per heavy atom. The summed E-state index contributed by atoms with van der Waals surface area (Å²) in [6.07, 6.45) is 1.09. The predicted molar refractivity (Wildman–Crippen MR) is 130 cm³/mol. The van der Waals surface area contributed by atoms with E-state index in [2.05, 4.69) is 10.6 Å². The molecule has 3 aromatic carbocycles. The van der Waals surface area contributed by atoms with Gasteiger partial charge in [-0.3, -0.25) is 9.10 Å². The number of sulfonamides is 1. The van der Waals surface area contributed by atoms with Crippen LogP contribution in [0.3, 0.4) is 0 Å². The SMILES string of the molecule is Cc1cccc(NCC(=O)Nc2cccc(N(C)S(C)(=O)=O)c2)c1S(=O)(=O)c1ccccc1. The number of aryl methyl sites for hydroxylation is 1. The normalized spacial score (nSPS) is 11.6. The first-order chi connectivity index (χ1) is 15.5. The maximum absolute atomic E-state index is 13.2. The van der Waals surface area contributed by atoms with Gasteiger partial charge in [0.05, 0.1) is 34.0 Å². The van der Waals surface area contributed by atoms with Gasteiger partial charge in [-0.1, -0.05) is 36.4 Å². The summed E-state index contributed by atoms with van der Waals surface area (Å²) in [5.74, 6) is -0.418. The van der Waals surface area contributed by atoms with Gasteiger partial charge in [-0.05, 0) is 48.9 Å². The van der Waals surface area contributed by atoms with Crippen molar-refractivity contribution in [2.24, 2.45) is 0 Å². The third-order valence-electron chi connectivity index (χ3n) is 4.96. The van der Waals surface area contributed by atoms with Crippen LogP contribution >= 0.6 is 0 Å². The molecule has 0 aliphatic heterocycles. The Hall–Kier alpha value is -3.37. The Bertz CT molecular complexity index is 1370. The molecule has 0 atom stereocenters. The smallest absolute Gasteiger partial charge is 0.243 e. The van der Waals surface area contributed by atoms with E-state index in [4.69, 9.17) is 0 Å². The van der Waals surface area contributed by atoms with Crippen LogP contribution in [0.1, 0.15) is 5.56 Å². The molecule has 33 heavy (non-hydrogen) atoms. The number of carbonyl (C=O) groups is 1. The van der Waals surface area contributed by atoms with Crippen molar-refractivity contribution in [2.75, 3.05) is 34.8 Å². The molecule has 0 aromatic heterocycles. The van der Waals surface area contributed by atoms with E-state index in [0.29, 0.717) is 22.6 Å². The van der Waals surface area contributed by atoms with Gasteiger partial charge in [-0.25, -0.2) is 16.8 Å². The Balaban J connectivity index is 1.78. The number of carbonyl (C=O) groups excluding carboxylic acids is 1. The molecule has 174 valence electrons. The first kappa shape index (κ1) is 24.3. The van der Waals surface area contributed by atoms with Crippen LogP contribution in [0.2, 0.25) is 0 Å². The van der Waals surface area contributed by atoms with Crippen LogP contribution in [0.5, 0.6) is 0 Å². The van der Waals surface area contributed by atoms with Crippen LogP contribution in [0, 0.1) is 6.92 Å². The Kier molecular flexibility index (Phi) is 7.09. The van der Waals surface area contributed by atoms with Gasteiger partial charge in [0.2, 0.25) is 25.8 Å². The fourth-order valence-electron chi connectivity index (χ4n) is 3.22. The third-order valence-corrected chi connectivity index (χ3v) is 8.14. The van der Waals surface area contributed by atoms with Gasteiger partial charge < -0.3 is 10.6 Å². The molecule has 0 spiro atoms. The fraction of sp³-hybridized carbons (Fsp3) is 0.174. The van der Waals surface area contributed by atoms with Crippen molar-refractivity contribution < 1.29 is 21.6 Å². The molecule has 8 nitrogen and oxygen atoms in total. The molecule has 0 fully saturated rings. The molecule has 3 aromatic rings. The van der Waals surface area contributed by atoms with Crippen molar-refractivity contribution in [2.45, 2.75) is 16.7 Å². The zero-order valence-corrected chi connectivity index (χ0v) is 20.1. The minimum Gasteiger partial charge on any atom is -0.375 e. The lowest BCUT2D eigenvalue weighted by Gasteiger charge is -2.18. The third kappa shape index (κ3) is 5.71. The number of rotatable bonds is 8. The summed E-state index contributed by atoms with van der Waals surface area (Å²) < 4.78 is 51.0. The summed E-state index contributed by atoms with van der Waals surface area (Å²) in [7, 11) is -5.81. The minimum absolute atomic E-state index is 0.112. The fourth-order valence-corrected chi connectivity index (χ4v) is 5.39. The number of sulfone groups is 1. The number of hydrogen-bond donors (Lipinski definition) is 2. The maximum atomic E-state index is 13.2. The molecule has 0 aliphatic rings. The molecule has 0 saturated heterocycles. The summed E-state index contributed by atoms with van der Waals surface area (Å²) in [6.45, 7) is 1.51. The van der Waals surface area contributed by atoms with E-state index in [1.807, 2.05) is 0 Å². The lowest BCUT2D eigenvalue weighted by atomic mass is 10.2. The molecular formula is C23H25N3O5S2. The van der Waals surface area contributed by atoms with Gasteiger partial charge in [0.15, 0.2) is 0 Å². The average molecular weight is 488 g/mol. The molecule has 1 amide bonds. The molecule has 10 heteroatoms. The van der Waals surface area contributed by atoms with Crippen LogP contribution < -0.4 is 14.9 Å². The van der Waals surface area contributed by atoms with Crippen LogP contribution in [0.4, 0.5) is 17.1 Å². The van der Waals surface area contributed by atoms with E-state index in [0.717, 1.165) is 10.6 Å². The molecule has 0 bridgehead atoms. The first-order valence-corrected chi connectivity index (χ1v) is 13.3. The van der Waals surface area contributed by atoms with Gasteiger partial charge in [0, 0.05) is 12.7 Å². The van der Waals surface area contributed by atoms with Gasteiger partial charge in [0.1, 0.15) is 0 Å². The number of nitrogens with zero attached hydrogens (tertiary/aromatic N) is 1. The number of hydrogen-bond acceptors (Lipinski definition) is 6. The largest absolute Gasteiger partial charge is 0.375 e. The van der Waals surface area contributed by atoms with E-state index in [-0.39, 0.29) is 16.3 Å². The van der Waals surface area contributed by atoms with Crippen molar-refractivity contribution in [3.05, 3.63) is 78.4 Å². The van der Waals surface area contributed by atoms with Crippen molar-refractivity contribution in [1.82, 2.24) is 0 Å². The first-order valence-electron chi connectivity index (χ1n) is 9.97. The molecule has 0 heterocycles. The predicted octanol–water partition coefficient (Wildman–Crippen LogP) is 3.27. The molecule has 0 saturated carbocycles. The van der Waals surface area contributed by atoms with E-state index < -0.39 is 25.8 Å². The van der Waals surface area contributed by atoms with Gasteiger partial charge in [0.25, 0.3) is 0 Å². The molecule has 0 unspecified atom stereocenters. The highest BCUT2D eigenvalue weighted by atomic mass is 32.2. The van der Waals surface area contributed by atoms with Gasteiger partial charge in [-0.15, -0.1) is 0 Å². The molecule has 2 N–H and O–H groups in total. The second-order valence-corrected chi connectivity index (χ2v) is 11.4. The molecule has 3 rings (SSSR count). The van der Waals surface area contributed by atoms with E-state index in [1.165, 1.54) is 25.2 Å². The van der Waals surface area contributed by atoms with Crippen molar-refractivity contribution >= 4 is 42.8 Å². The summed E-state index contributed by atoms with van der Waals surface area (Å²) in [4.78, 5) is 12.8. The van der Waals surface area contributed by atoms with Crippen LogP contribution in [0.15, 0.2) is 82.6 Å². The minimum atomic E-state index is -3.79. The highest BCUT2D eigenvalue weighted by molar-refractivity contribution is 7.92. The zero-order chi connectivity index (χ0) is 24.2. The summed E-state index contributed by atoms with van der Waals surface area (Å²) in [5, 5.41) is 5.61. The number of benzene rings is 3. The summed E-state index contributed by atoms with van der Waals surface area (Å²) in [6, 6.07) is 19.5. The lowest BCUT2D eigenvalue weighted by molar-refractivity contribution is -0.114. The standard InChI is InChI=1S/C23H25N3O5S2/c1-17-9-7-14-21(23(17)33(30,31)20-12-5-4-6-13-20)24-16-22(27)25-18-10-8-11-19(15-18)26(2)32(3,28)29/h4-15,24H,16H2,1-3H3,(H,25,27). The topological polar surface area (TPSA) is 113 Å². The Morgan fingerprint density at radius 2 is 1.58 bits per heavy atom. The second kappa shape index (κ2) is 9.63. The highest BCUT2D eigenvalue weighted by Crippen LogP contribution is 2.30. The van der Waals surface area contributed by atoms with Gasteiger partial charge >= 0.3 is 0 Å². The second-order valence-electron chi connectivity index (χ2n) is 7.45. The Labute approximate surface area is 194 Å². The van der Waals surface area contributed by atoms with E-state index >= 15 is 0 Å². The van der Waals surface area contributed by atoms with Crippen molar-refractivity contribution in [3.63, 3.8) is 0 Å². The number of anilines is 3. The lowest BCUT2D eigenvalue weighted by Crippen LogP contribution is -2.25. The highest BCUT2D eigenvalue weighted by Gasteiger charge is 2.23. The Morgan fingerprint density at radius 3 is 2.24 bits per heavy atom. The van der Waals surface area contributed by atoms with Crippen molar-refractivity contribution in [1.29, 1.82) is 0 Å². The van der Waals surface area contributed by atoms with Crippen LogP contribution in [-0.4, -0.2) is 42.6 Å². The molecular weight excluding hydrogens is 462 g/mol. The van der Waals surface area contributed by atoms with Crippen molar-refractivity contribution in [3.8, 4) is 0 Å². The number of amides is 1. The molecule has 0 aliphatic carbocycles. The van der Waals surface area contributed by atoms with E-state index in [9.17, 15) is 21.6 Å². The van der Waals surface area contributed by atoms with Crippen LogP contribution in [0.25, 0.3) is 0 Å².